The minimum absolute atomic E-state index is 0.0397. The SMILES string of the molecule is CC(=O)OCC1CC(O)C(N)C(OCCCCC(=O)O)O1. The van der Waals surface area contributed by atoms with E-state index in [0.717, 1.165) is 0 Å². The van der Waals surface area contributed by atoms with Crippen LogP contribution in [0, 0.1) is 0 Å². The molecule has 4 atom stereocenters. The van der Waals surface area contributed by atoms with Crippen LogP contribution in [0.25, 0.3) is 0 Å². The highest BCUT2D eigenvalue weighted by Crippen LogP contribution is 2.20. The van der Waals surface area contributed by atoms with E-state index >= 15 is 0 Å². The molecule has 0 bridgehead atoms. The van der Waals surface area contributed by atoms with Gasteiger partial charge in [-0.1, -0.05) is 0 Å². The lowest BCUT2D eigenvalue weighted by molar-refractivity contribution is -0.233. The number of esters is 1. The fourth-order valence-corrected chi connectivity index (χ4v) is 1.99. The molecule has 1 saturated heterocycles. The van der Waals surface area contributed by atoms with Crippen molar-refractivity contribution in [3.8, 4) is 0 Å². The lowest BCUT2D eigenvalue weighted by Crippen LogP contribution is -2.55. The molecule has 0 spiro atoms. The number of nitrogens with two attached hydrogens (primary N) is 1. The molecule has 0 aliphatic carbocycles. The number of carboxylic acid groups (broad SMARTS) is 1. The van der Waals surface area contributed by atoms with Gasteiger partial charge in [0.1, 0.15) is 6.61 Å². The Morgan fingerprint density at radius 1 is 1.38 bits per heavy atom. The van der Waals surface area contributed by atoms with E-state index in [0.29, 0.717) is 19.4 Å². The molecule has 122 valence electrons. The maximum atomic E-state index is 10.8. The first-order valence-corrected chi connectivity index (χ1v) is 6.96. The standard InChI is InChI=1S/C13H23NO7/c1-8(15)20-7-9-6-10(16)12(14)13(21-9)19-5-3-2-4-11(17)18/h9-10,12-13,16H,2-7,14H2,1H3,(H,17,18). The molecule has 8 heteroatoms. The smallest absolute Gasteiger partial charge is 0.303 e. The molecular weight excluding hydrogens is 282 g/mol. The van der Waals surface area contributed by atoms with Crippen molar-refractivity contribution < 1.29 is 34.0 Å². The molecule has 8 nitrogen and oxygen atoms in total. The zero-order chi connectivity index (χ0) is 15.8. The number of rotatable bonds is 8. The van der Waals surface area contributed by atoms with Crippen LogP contribution in [0.1, 0.15) is 32.6 Å². The normalized spacial score (nSPS) is 29.1. The van der Waals surface area contributed by atoms with Crippen LogP contribution in [-0.2, 0) is 23.8 Å². The molecule has 1 fully saturated rings. The van der Waals surface area contributed by atoms with E-state index in [9.17, 15) is 14.7 Å². The molecule has 0 amide bonds. The summed E-state index contributed by atoms with van der Waals surface area (Å²) in [5.74, 6) is -1.27. The minimum Gasteiger partial charge on any atom is -0.481 e. The van der Waals surface area contributed by atoms with Crippen molar-refractivity contribution in [2.45, 2.75) is 57.1 Å². The molecular formula is C13H23NO7. The summed E-state index contributed by atoms with van der Waals surface area (Å²) < 4.78 is 15.8. The molecule has 1 aliphatic rings. The summed E-state index contributed by atoms with van der Waals surface area (Å²) in [5, 5.41) is 18.4. The predicted molar refractivity (Wildman–Crippen MR) is 71.3 cm³/mol. The highest BCUT2D eigenvalue weighted by Gasteiger charge is 2.36. The van der Waals surface area contributed by atoms with Gasteiger partial charge in [0, 0.05) is 26.4 Å². The summed E-state index contributed by atoms with van der Waals surface area (Å²) in [4.78, 5) is 21.1. The number of unbranched alkanes of at least 4 members (excludes halogenated alkanes) is 1. The number of ether oxygens (including phenoxy) is 3. The average molecular weight is 305 g/mol. The molecule has 4 N–H and O–H groups in total. The first-order chi connectivity index (χ1) is 9.90. The third-order valence-corrected chi connectivity index (χ3v) is 3.13. The second-order valence-corrected chi connectivity index (χ2v) is 5.03. The number of aliphatic carboxylic acids is 1. The van der Waals surface area contributed by atoms with Crippen molar-refractivity contribution in [3.63, 3.8) is 0 Å². The number of carboxylic acids is 1. The van der Waals surface area contributed by atoms with Gasteiger partial charge in [0.25, 0.3) is 0 Å². The summed E-state index contributed by atoms with van der Waals surface area (Å²) in [6.07, 6.45) is -0.651. The Morgan fingerprint density at radius 2 is 2.10 bits per heavy atom. The van der Waals surface area contributed by atoms with E-state index in [-0.39, 0.29) is 19.4 Å². The zero-order valence-corrected chi connectivity index (χ0v) is 12.1. The number of hydrogen-bond donors (Lipinski definition) is 3. The first-order valence-electron chi connectivity index (χ1n) is 6.96. The van der Waals surface area contributed by atoms with Crippen molar-refractivity contribution in [2.24, 2.45) is 5.73 Å². The Hall–Kier alpha value is -1.22. The van der Waals surface area contributed by atoms with Crippen molar-refractivity contribution in [3.05, 3.63) is 0 Å². The Labute approximate surface area is 123 Å². The van der Waals surface area contributed by atoms with E-state index in [4.69, 9.17) is 25.1 Å². The molecule has 0 saturated carbocycles. The van der Waals surface area contributed by atoms with E-state index in [1.54, 1.807) is 0 Å². The van der Waals surface area contributed by atoms with Crippen LogP contribution in [0.5, 0.6) is 0 Å². The van der Waals surface area contributed by atoms with Gasteiger partial charge < -0.3 is 30.2 Å². The fraction of sp³-hybridized carbons (Fsp3) is 0.846. The van der Waals surface area contributed by atoms with Gasteiger partial charge in [0.15, 0.2) is 6.29 Å². The van der Waals surface area contributed by atoms with Gasteiger partial charge in [-0.15, -0.1) is 0 Å². The molecule has 21 heavy (non-hydrogen) atoms. The van der Waals surface area contributed by atoms with Crippen LogP contribution >= 0.6 is 0 Å². The third kappa shape index (κ3) is 6.85. The summed E-state index contributed by atoms with van der Waals surface area (Å²) in [7, 11) is 0. The highest BCUT2D eigenvalue weighted by molar-refractivity contribution is 5.66. The quantitative estimate of drug-likeness (QED) is 0.409. The number of carbonyl (C=O) groups is 2. The number of aliphatic hydroxyl groups is 1. The van der Waals surface area contributed by atoms with E-state index in [1.165, 1.54) is 6.92 Å². The van der Waals surface area contributed by atoms with Gasteiger partial charge >= 0.3 is 11.9 Å². The Balaban J connectivity index is 2.32. The molecule has 0 aromatic heterocycles. The molecule has 1 rings (SSSR count). The highest BCUT2D eigenvalue weighted by atomic mass is 16.7. The van der Waals surface area contributed by atoms with Crippen LogP contribution in [-0.4, -0.2) is 59.9 Å². The van der Waals surface area contributed by atoms with Crippen molar-refractivity contribution >= 4 is 11.9 Å². The first kappa shape index (κ1) is 17.8. The molecule has 0 radical (unpaired) electrons. The predicted octanol–water partition coefficient (Wildman–Crippen LogP) is -0.376. The van der Waals surface area contributed by atoms with Crippen molar-refractivity contribution in [1.82, 2.24) is 0 Å². The minimum atomic E-state index is -0.850. The van der Waals surface area contributed by atoms with Gasteiger partial charge in [-0.05, 0) is 12.8 Å². The molecule has 0 aromatic carbocycles. The Bertz CT molecular complexity index is 349. The largest absolute Gasteiger partial charge is 0.481 e. The maximum absolute atomic E-state index is 10.8. The van der Waals surface area contributed by atoms with Crippen LogP contribution in [0.15, 0.2) is 0 Å². The van der Waals surface area contributed by atoms with Crippen molar-refractivity contribution in [2.75, 3.05) is 13.2 Å². The van der Waals surface area contributed by atoms with E-state index < -0.39 is 36.5 Å². The lowest BCUT2D eigenvalue weighted by atomic mass is 10.0. The van der Waals surface area contributed by atoms with Gasteiger partial charge in [0.2, 0.25) is 0 Å². The maximum Gasteiger partial charge on any atom is 0.303 e. The molecule has 1 aliphatic heterocycles. The summed E-state index contributed by atoms with van der Waals surface area (Å²) in [6, 6.07) is -0.682. The molecule has 4 unspecified atom stereocenters. The van der Waals surface area contributed by atoms with Crippen LogP contribution < -0.4 is 5.73 Å². The topological polar surface area (TPSA) is 128 Å². The number of carbonyl (C=O) groups excluding carboxylic acids is 1. The van der Waals surface area contributed by atoms with Crippen LogP contribution in [0.3, 0.4) is 0 Å². The Morgan fingerprint density at radius 3 is 2.71 bits per heavy atom. The number of hydrogen-bond acceptors (Lipinski definition) is 7. The Kier molecular flexibility index (Phi) is 7.58. The molecule has 1 heterocycles. The van der Waals surface area contributed by atoms with Gasteiger partial charge in [0.05, 0.1) is 18.2 Å². The average Bonchev–Trinajstić information content (AvgIpc) is 2.40. The van der Waals surface area contributed by atoms with Crippen LogP contribution in [0.2, 0.25) is 0 Å². The molecule has 0 aromatic rings. The van der Waals surface area contributed by atoms with Gasteiger partial charge in [-0.25, -0.2) is 0 Å². The van der Waals surface area contributed by atoms with Crippen LogP contribution in [0.4, 0.5) is 0 Å². The van der Waals surface area contributed by atoms with E-state index in [1.807, 2.05) is 0 Å². The summed E-state index contributed by atoms with van der Waals surface area (Å²) >= 11 is 0. The second-order valence-electron chi connectivity index (χ2n) is 5.03. The monoisotopic (exact) mass is 305 g/mol. The fourth-order valence-electron chi connectivity index (χ4n) is 1.99. The van der Waals surface area contributed by atoms with Crippen molar-refractivity contribution in [1.29, 1.82) is 0 Å². The summed E-state index contributed by atoms with van der Waals surface area (Å²) in [5.41, 5.74) is 5.80. The number of aliphatic hydroxyl groups excluding tert-OH is 1. The van der Waals surface area contributed by atoms with Gasteiger partial charge in [-0.3, -0.25) is 9.59 Å². The van der Waals surface area contributed by atoms with Gasteiger partial charge in [-0.2, -0.15) is 0 Å². The van der Waals surface area contributed by atoms with E-state index in [2.05, 4.69) is 0 Å². The summed E-state index contributed by atoms with van der Waals surface area (Å²) in [6.45, 7) is 1.62. The third-order valence-electron chi connectivity index (χ3n) is 3.13. The second kappa shape index (κ2) is 8.93. The lowest BCUT2D eigenvalue weighted by Gasteiger charge is -2.37. The zero-order valence-electron chi connectivity index (χ0n) is 12.1.